The van der Waals surface area contributed by atoms with Crippen LogP contribution in [0, 0.1) is 5.92 Å². The molecule has 2 unspecified atom stereocenters. The van der Waals surface area contributed by atoms with E-state index in [1.54, 1.807) is 0 Å². The Hall–Kier alpha value is -5.46. The lowest BCUT2D eigenvalue weighted by Crippen LogP contribution is -2.26. The van der Waals surface area contributed by atoms with Crippen LogP contribution in [0.4, 0.5) is 0 Å². The van der Waals surface area contributed by atoms with Crippen molar-refractivity contribution in [2.24, 2.45) is 11.7 Å². The van der Waals surface area contributed by atoms with Crippen molar-refractivity contribution < 1.29 is 4.74 Å². The average Bonchev–Trinajstić information content (AvgIpc) is 3.49. The number of rotatable bonds is 12. The summed E-state index contributed by atoms with van der Waals surface area (Å²) in [5, 5.41) is 0. The smallest absolute Gasteiger partial charge is 0.113 e. The molecule has 0 saturated heterocycles. The maximum Gasteiger partial charge on any atom is 0.113 e. The van der Waals surface area contributed by atoms with E-state index < -0.39 is 0 Å². The molecule has 0 heterocycles. The Morgan fingerprint density at radius 1 is 0.845 bits per heavy atom. The Bertz CT molecular complexity index is 1610. The zero-order valence-corrected chi connectivity index (χ0v) is 37.2. The summed E-state index contributed by atoms with van der Waals surface area (Å²) >= 11 is 0. The van der Waals surface area contributed by atoms with Gasteiger partial charge in [0, 0.05) is 12.6 Å². The second-order valence-electron chi connectivity index (χ2n) is 12.3. The van der Waals surface area contributed by atoms with Crippen molar-refractivity contribution in [3.05, 3.63) is 222 Å². The molecule has 0 spiro atoms. The van der Waals surface area contributed by atoms with Crippen LogP contribution >= 0.6 is 0 Å². The third-order valence-corrected chi connectivity index (χ3v) is 7.67. The highest BCUT2D eigenvalue weighted by molar-refractivity contribution is 5.75. The van der Waals surface area contributed by atoms with E-state index >= 15 is 0 Å². The van der Waals surface area contributed by atoms with Crippen LogP contribution in [0.25, 0.3) is 5.57 Å². The fourth-order valence-corrected chi connectivity index (χ4v) is 5.02. The molecule has 0 bridgehead atoms. The van der Waals surface area contributed by atoms with Crippen molar-refractivity contribution in [1.82, 2.24) is 17.0 Å². The summed E-state index contributed by atoms with van der Waals surface area (Å²) in [7, 11) is 3.40. The van der Waals surface area contributed by atoms with Crippen LogP contribution in [0.5, 0.6) is 0 Å². The lowest BCUT2D eigenvalue weighted by atomic mass is 9.89. The van der Waals surface area contributed by atoms with Crippen LogP contribution in [0.2, 0.25) is 0 Å². The van der Waals surface area contributed by atoms with Crippen LogP contribution in [0.3, 0.4) is 0 Å². The molecule has 7 N–H and O–H groups in total. The molecule has 3 aromatic carbocycles. The van der Waals surface area contributed by atoms with E-state index in [1.807, 2.05) is 125 Å². The molecule has 5 heteroatoms. The molecule has 0 saturated carbocycles. The fourth-order valence-electron chi connectivity index (χ4n) is 5.02. The van der Waals surface area contributed by atoms with Gasteiger partial charge in [0.15, 0.2) is 0 Å². The molecule has 0 aromatic heterocycles. The minimum atomic E-state index is 0. The minimum Gasteiger partial charge on any atom is -0.494 e. The van der Waals surface area contributed by atoms with Crippen molar-refractivity contribution in [3.63, 3.8) is 0 Å². The lowest BCUT2D eigenvalue weighted by molar-refractivity contribution is 0.202. The Morgan fingerprint density at radius 2 is 1.40 bits per heavy atom. The minimum absolute atomic E-state index is 0. The van der Waals surface area contributed by atoms with Gasteiger partial charge in [-0.3, -0.25) is 0 Å². The molecule has 2 aliphatic rings. The van der Waals surface area contributed by atoms with Crippen molar-refractivity contribution in [2.75, 3.05) is 14.1 Å². The first-order valence-corrected chi connectivity index (χ1v) is 20.6. The molecule has 314 valence electrons. The predicted molar refractivity (Wildman–Crippen MR) is 259 cm³/mol. The molecule has 3 aromatic rings. The highest BCUT2D eigenvalue weighted by Gasteiger charge is 2.13. The molecule has 0 fully saturated rings. The Kier molecular flexibility index (Phi) is 37.5. The van der Waals surface area contributed by atoms with E-state index in [0.717, 1.165) is 30.5 Å². The van der Waals surface area contributed by atoms with E-state index in [9.17, 15) is 0 Å². The zero-order chi connectivity index (χ0) is 42.2. The van der Waals surface area contributed by atoms with E-state index in [2.05, 4.69) is 141 Å². The van der Waals surface area contributed by atoms with E-state index in [0.29, 0.717) is 5.92 Å². The average molecular weight is 785 g/mol. The number of hydrazine groups is 1. The maximum absolute atomic E-state index is 6.04. The summed E-state index contributed by atoms with van der Waals surface area (Å²) in [4.78, 5) is 0. The van der Waals surface area contributed by atoms with Gasteiger partial charge < -0.3 is 22.0 Å². The van der Waals surface area contributed by atoms with Gasteiger partial charge in [0.25, 0.3) is 0 Å². The summed E-state index contributed by atoms with van der Waals surface area (Å²) in [5.74, 6) is 0.313. The highest BCUT2D eigenvalue weighted by atomic mass is 16.5. The second-order valence-corrected chi connectivity index (χ2v) is 12.3. The number of ether oxygens (including phenoxy) is 1. The van der Waals surface area contributed by atoms with Crippen LogP contribution in [0.1, 0.15) is 79.7 Å². The Morgan fingerprint density at radius 3 is 1.91 bits per heavy atom. The van der Waals surface area contributed by atoms with Gasteiger partial charge in [0.2, 0.25) is 0 Å². The number of hydrogen-bond acceptors (Lipinski definition) is 5. The third kappa shape index (κ3) is 26.4. The fraction of sp³-hybridized carbons (Fsp3) is 0.283. The van der Waals surface area contributed by atoms with Crippen LogP contribution in [-0.2, 0) is 4.74 Å². The number of hydrogen-bond donors (Lipinski definition) is 4. The molecule has 58 heavy (non-hydrogen) atoms. The SMILES string of the molecule is C/C=C\C=C/C(C)O/C=C(/C=C\CC)C1=CC=CC(/C=C\C2=C(NNC)C=CC(c3ccccc3)=CC2)C1.CC.CCC.CN.N.c1ccccc1.c1ccccc1. The molecular formula is C53H76N4O. The molecular weight excluding hydrogens is 709 g/mol. The molecule has 2 aliphatic carbocycles. The topological polar surface area (TPSA) is 94.3 Å². The third-order valence-electron chi connectivity index (χ3n) is 7.67. The number of allylic oxidation sites excluding steroid dienone is 17. The quantitative estimate of drug-likeness (QED) is 0.0833. The summed E-state index contributed by atoms with van der Waals surface area (Å²) in [5.41, 5.74) is 18.1. The van der Waals surface area contributed by atoms with Gasteiger partial charge in [0.05, 0.1) is 12.0 Å². The molecule has 5 nitrogen and oxygen atoms in total. The van der Waals surface area contributed by atoms with Gasteiger partial charge in [-0.05, 0) is 80.5 Å². The van der Waals surface area contributed by atoms with Crippen molar-refractivity contribution in [3.8, 4) is 0 Å². The molecule has 0 radical (unpaired) electrons. The largest absolute Gasteiger partial charge is 0.494 e. The first-order chi connectivity index (χ1) is 28.1. The van der Waals surface area contributed by atoms with Crippen molar-refractivity contribution >= 4 is 5.57 Å². The van der Waals surface area contributed by atoms with Crippen molar-refractivity contribution in [2.45, 2.75) is 80.3 Å². The van der Waals surface area contributed by atoms with Crippen LogP contribution in [0.15, 0.2) is 217 Å². The lowest BCUT2D eigenvalue weighted by Gasteiger charge is -2.18. The molecule has 5 rings (SSSR count). The predicted octanol–water partition coefficient (Wildman–Crippen LogP) is 14.0. The van der Waals surface area contributed by atoms with Gasteiger partial charge >= 0.3 is 0 Å². The second kappa shape index (κ2) is 39.8. The Labute approximate surface area is 354 Å². The van der Waals surface area contributed by atoms with Crippen LogP contribution in [-0.4, -0.2) is 20.2 Å². The number of benzene rings is 3. The molecule has 0 aliphatic heterocycles. The van der Waals surface area contributed by atoms with Crippen LogP contribution < -0.4 is 22.7 Å². The monoisotopic (exact) mass is 785 g/mol. The zero-order valence-electron chi connectivity index (χ0n) is 37.2. The first-order valence-electron chi connectivity index (χ1n) is 20.6. The van der Waals surface area contributed by atoms with Crippen molar-refractivity contribution in [1.29, 1.82) is 0 Å². The normalized spacial score (nSPS) is 14.9. The summed E-state index contributed by atoms with van der Waals surface area (Å²) in [6.07, 6.45) is 36.3. The van der Waals surface area contributed by atoms with Gasteiger partial charge in [0.1, 0.15) is 6.10 Å². The summed E-state index contributed by atoms with van der Waals surface area (Å²) in [6.45, 7) is 14.5. The van der Waals surface area contributed by atoms with Gasteiger partial charge in [-0.1, -0.05) is 217 Å². The summed E-state index contributed by atoms with van der Waals surface area (Å²) < 4.78 is 6.04. The van der Waals surface area contributed by atoms with E-state index in [-0.39, 0.29) is 12.3 Å². The highest BCUT2D eigenvalue weighted by Crippen LogP contribution is 2.29. The summed E-state index contributed by atoms with van der Waals surface area (Å²) in [6, 6.07) is 34.5. The van der Waals surface area contributed by atoms with E-state index in [4.69, 9.17) is 4.74 Å². The maximum atomic E-state index is 6.04. The number of nitrogens with one attached hydrogen (secondary N) is 2. The molecule has 2 atom stereocenters. The van der Waals surface area contributed by atoms with Gasteiger partial charge in [-0.15, -0.1) is 0 Å². The van der Waals surface area contributed by atoms with Gasteiger partial charge in [-0.2, -0.15) is 0 Å². The Balaban J connectivity index is 0. The standard InChI is InChI=1S/C35H42N2O.2C6H6.C3H8.C2H6.CH5N.H3N/c1-5-7-10-14-28(3)38-27-34(16-8-6-2)33-19-13-15-29(26-33)20-21-32-23-22-31(24-25-35(32)37-36-4)30-17-11-9-12-18-30;2*1-2-4-6-5-3-1;1-3-2;2*1-2;/h5,7-22,24-25,27-29,36-37H,6,23,26H2,1-4H3;2*1-6H;3H2,1-2H3;1-2H3;2H2,1H3;1H3/b7-5-,14-10-,16-8-,21-20-,34-27-;;;;;;. The van der Waals surface area contributed by atoms with E-state index in [1.165, 1.54) is 35.8 Å². The molecule has 0 amide bonds. The first kappa shape index (κ1) is 54.6. The number of nitrogens with two attached hydrogens (primary N) is 1. The van der Waals surface area contributed by atoms with Gasteiger partial charge in [-0.25, -0.2) is 5.43 Å².